The minimum atomic E-state index is -0.0671. The largest absolute Gasteiger partial charge is 0.310 e. The van der Waals surface area contributed by atoms with Crippen molar-refractivity contribution in [2.75, 3.05) is 9.80 Å². The zero-order chi connectivity index (χ0) is 33.6. The summed E-state index contributed by atoms with van der Waals surface area (Å²) in [4.78, 5) is 29.8. The maximum Gasteiger partial charge on any atom is 0.188 e. The minimum Gasteiger partial charge on any atom is -0.310 e. The van der Waals surface area contributed by atoms with Gasteiger partial charge < -0.3 is 9.80 Å². The van der Waals surface area contributed by atoms with E-state index in [2.05, 4.69) is 95.8 Å². The van der Waals surface area contributed by atoms with Crippen LogP contribution in [0.15, 0.2) is 182 Å². The Morgan fingerprint density at radius 3 is 1.04 bits per heavy atom. The summed E-state index contributed by atoms with van der Waals surface area (Å²) in [5.41, 5.74) is 10.1. The van der Waals surface area contributed by atoms with Gasteiger partial charge in [-0.1, -0.05) is 98.1 Å². The summed E-state index contributed by atoms with van der Waals surface area (Å²) in [6.07, 6.45) is 0. The number of benzene rings is 6. The number of carbonyl (C=O) groups is 2. The van der Waals surface area contributed by atoms with E-state index in [1.165, 1.54) is 0 Å². The zero-order valence-corrected chi connectivity index (χ0v) is 27.1. The second-order valence-corrected chi connectivity index (χ2v) is 11.8. The Hall–Kier alpha value is -6.26. The summed E-state index contributed by atoms with van der Waals surface area (Å²) in [7, 11) is 0. The second-order valence-electron chi connectivity index (χ2n) is 11.8. The summed E-state index contributed by atoms with van der Waals surface area (Å²) in [6, 6.07) is 52.4. The number of ketones is 2. The highest BCUT2D eigenvalue weighted by Gasteiger charge is 2.17. The van der Waals surface area contributed by atoms with Gasteiger partial charge in [-0.05, 0) is 109 Å². The van der Waals surface area contributed by atoms with Gasteiger partial charge in [0.1, 0.15) is 0 Å². The van der Waals surface area contributed by atoms with Crippen molar-refractivity contribution < 1.29 is 9.59 Å². The fourth-order valence-corrected chi connectivity index (χ4v) is 5.72. The number of allylic oxidation sites excluding steroid dienone is 2. The van der Waals surface area contributed by atoms with Crippen LogP contribution in [0, 0.1) is 0 Å². The maximum atomic E-state index is 12.7. The van der Waals surface area contributed by atoms with E-state index in [1.807, 2.05) is 84.9 Å². The molecule has 0 radical (unpaired) electrons. The Bertz CT molecular complexity index is 1940. The summed E-state index contributed by atoms with van der Waals surface area (Å²) < 4.78 is 0. The normalized spacial score (nSPS) is 10.6. The molecule has 0 fully saturated rings. The standard InChI is InChI=1S/C44H36N2O2/c1-31(2)43(47)35-13-11-19-41(29-35)45(37-15-7-5-8-16-37)39-25-21-33(22-26-39)34-23-27-40(28-24-34)46(38-17-9-6-10-18-38)42-20-12-14-36(30-42)44(48)32(3)4/h5-30H,1,3H2,2,4H3. The third kappa shape index (κ3) is 6.79. The average molecular weight is 625 g/mol. The molecule has 4 heteroatoms. The van der Waals surface area contributed by atoms with E-state index in [0.717, 1.165) is 45.3 Å². The summed E-state index contributed by atoms with van der Waals surface area (Å²) in [5.74, 6) is -0.134. The lowest BCUT2D eigenvalue weighted by Crippen LogP contribution is -2.11. The summed E-state index contributed by atoms with van der Waals surface area (Å²) >= 11 is 0. The van der Waals surface area contributed by atoms with Gasteiger partial charge in [0.25, 0.3) is 0 Å². The predicted molar refractivity (Wildman–Crippen MR) is 200 cm³/mol. The van der Waals surface area contributed by atoms with Crippen LogP contribution in [0.1, 0.15) is 34.6 Å². The van der Waals surface area contributed by atoms with Crippen LogP contribution >= 0.6 is 0 Å². The molecule has 0 N–H and O–H groups in total. The number of rotatable bonds is 11. The first-order valence-electron chi connectivity index (χ1n) is 15.8. The van der Waals surface area contributed by atoms with Crippen molar-refractivity contribution in [3.8, 4) is 11.1 Å². The number of carbonyl (C=O) groups excluding carboxylic acids is 2. The molecule has 0 aromatic heterocycles. The number of hydrogen-bond donors (Lipinski definition) is 0. The minimum absolute atomic E-state index is 0.0671. The van der Waals surface area contributed by atoms with Gasteiger partial charge in [-0.3, -0.25) is 9.59 Å². The van der Waals surface area contributed by atoms with Crippen LogP contribution in [0.3, 0.4) is 0 Å². The molecular formula is C44H36N2O2. The first kappa shape index (κ1) is 31.7. The molecule has 234 valence electrons. The van der Waals surface area contributed by atoms with Gasteiger partial charge in [-0.25, -0.2) is 0 Å². The molecule has 6 aromatic carbocycles. The van der Waals surface area contributed by atoms with Gasteiger partial charge in [-0.15, -0.1) is 0 Å². The van der Waals surface area contributed by atoms with Crippen LogP contribution in [0.25, 0.3) is 11.1 Å². The molecule has 0 saturated heterocycles. The van der Waals surface area contributed by atoms with Gasteiger partial charge in [0.15, 0.2) is 11.6 Å². The van der Waals surface area contributed by atoms with E-state index in [9.17, 15) is 9.59 Å². The molecule has 0 heterocycles. The van der Waals surface area contributed by atoms with Crippen molar-refractivity contribution in [3.63, 3.8) is 0 Å². The summed E-state index contributed by atoms with van der Waals surface area (Å²) in [6.45, 7) is 11.2. The van der Waals surface area contributed by atoms with Gasteiger partial charge in [0.2, 0.25) is 0 Å². The van der Waals surface area contributed by atoms with Crippen LogP contribution in [-0.4, -0.2) is 11.6 Å². The molecule has 0 amide bonds. The predicted octanol–water partition coefficient (Wildman–Crippen LogP) is 11.8. The lowest BCUT2D eigenvalue weighted by atomic mass is 10.0. The Balaban J connectivity index is 1.33. The smallest absolute Gasteiger partial charge is 0.188 e. The zero-order valence-electron chi connectivity index (χ0n) is 27.1. The Morgan fingerprint density at radius 2 is 0.708 bits per heavy atom. The Morgan fingerprint density at radius 1 is 0.396 bits per heavy atom. The lowest BCUT2D eigenvalue weighted by Gasteiger charge is -2.26. The molecule has 0 spiro atoms. The molecule has 0 bridgehead atoms. The highest BCUT2D eigenvalue weighted by Crippen LogP contribution is 2.38. The monoisotopic (exact) mass is 624 g/mol. The van der Waals surface area contributed by atoms with Crippen LogP contribution in [-0.2, 0) is 0 Å². The quantitative estimate of drug-likeness (QED) is 0.106. The first-order valence-corrected chi connectivity index (χ1v) is 15.8. The topological polar surface area (TPSA) is 40.6 Å². The Kier molecular flexibility index (Phi) is 9.26. The fourth-order valence-electron chi connectivity index (χ4n) is 5.72. The third-order valence-corrected chi connectivity index (χ3v) is 8.12. The van der Waals surface area contributed by atoms with Crippen molar-refractivity contribution >= 4 is 45.7 Å². The molecule has 0 atom stereocenters. The van der Waals surface area contributed by atoms with E-state index < -0.39 is 0 Å². The van der Waals surface area contributed by atoms with E-state index in [4.69, 9.17) is 0 Å². The molecule has 0 unspecified atom stereocenters. The van der Waals surface area contributed by atoms with Crippen molar-refractivity contribution in [2.45, 2.75) is 13.8 Å². The van der Waals surface area contributed by atoms with Gasteiger partial charge >= 0.3 is 0 Å². The maximum absolute atomic E-state index is 12.7. The molecule has 0 aliphatic heterocycles. The van der Waals surface area contributed by atoms with E-state index in [1.54, 1.807) is 13.8 Å². The highest BCUT2D eigenvalue weighted by molar-refractivity contribution is 6.09. The molecule has 0 saturated carbocycles. The van der Waals surface area contributed by atoms with E-state index in [-0.39, 0.29) is 11.6 Å². The van der Waals surface area contributed by atoms with Crippen LogP contribution in [0.2, 0.25) is 0 Å². The first-order chi connectivity index (χ1) is 23.3. The van der Waals surface area contributed by atoms with Crippen molar-refractivity contribution in [3.05, 3.63) is 193 Å². The molecule has 0 aliphatic rings. The highest BCUT2D eigenvalue weighted by atomic mass is 16.1. The number of Topliss-reactive ketones (excluding diaryl/α,β-unsaturated/α-hetero) is 2. The molecule has 6 rings (SSSR count). The average Bonchev–Trinajstić information content (AvgIpc) is 3.13. The third-order valence-electron chi connectivity index (χ3n) is 8.12. The Labute approximate surface area is 282 Å². The second kappa shape index (κ2) is 14.0. The van der Waals surface area contributed by atoms with E-state index in [0.29, 0.717) is 22.3 Å². The molecule has 6 aromatic rings. The molecular weight excluding hydrogens is 588 g/mol. The SMILES string of the molecule is C=C(C)C(=O)c1cccc(N(c2ccccc2)c2ccc(-c3ccc(N(c4ccccc4)c4cccc(C(=O)C(=C)C)c4)cc3)cc2)c1. The fraction of sp³-hybridized carbons (Fsp3) is 0.0455. The van der Waals surface area contributed by atoms with Crippen LogP contribution in [0.5, 0.6) is 0 Å². The molecule has 4 nitrogen and oxygen atoms in total. The number of anilines is 6. The van der Waals surface area contributed by atoms with Crippen molar-refractivity contribution in [1.29, 1.82) is 0 Å². The summed E-state index contributed by atoms with van der Waals surface area (Å²) in [5, 5.41) is 0. The van der Waals surface area contributed by atoms with Crippen LogP contribution in [0.4, 0.5) is 34.1 Å². The molecule has 48 heavy (non-hydrogen) atoms. The van der Waals surface area contributed by atoms with Crippen LogP contribution < -0.4 is 9.80 Å². The lowest BCUT2D eigenvalue weighted by molar-refractivity contribution is 0.102. The number of hydrogen-bond acceptors (Lipinski definition) is 4. The number of para-hydroxylation sites is 2. The number of nitrogens with zero attached hydrogens (tertiary/aromatic N) is 2. The molecule has 0 aliphatic carbocycles. The van der Waals surface area contributed by atoms with Gasteiger partial charge in [0.05, 0.1) is 0 Å². The van der Waals surface area contributed by atoms with Gasteiger partial charge in [0, 0.05) is 45.3 Å². The van der Waals surface area contributed by atoms with Crippen molar-refractivity contribution in [1.82, 2.24) is 0 Å². The van der Waals surface area contributed by atoms with E-state index >= 15 is 0 Å². The van der Waals surface area contributed by atoms with Gasteiger partial charge in [-0.2, -0.15) is 0 Å². The van der Waals surface area contributed by atoms with Crippen molar-refractivity contribution in [2.24, 2.45) is 0 Å².